The lowest BCUT2D eigenvalue weighted by atomic mass is 10.1. The first-order valence-corrected chi connectivity index (χ1v) is 10.5. The highest BCUT2D eigenvalue weighted by Gasteiger charge is 2.10. The third kappa shape index (κ3) is 5.25. The number of halogens is 1. The Labute approximate surface area is 190 Å². The van der Waals surface area contributed by atoms with Crippen LogP contribution >= 0.6 is 11.6 Å². The minimum Gasteiger partial charge on any atom is -0.384 e. The highest BCUT2D eigenvalue weighted by atomic mass is 35.5. The topological polar surface area (TPSA) is 105 Å². The fourth-order valence-electron chi connectivity index (χ4n) is 3.16. The summed E-state index contributed by atoms with van der Waals surface area (Å²) in [5.74, 6) is 0.970. The van der Waals surface area contributed by atoms with E-state index in [4.69, 9.17) is 17.3 Å². The molecule has 160 valence electrons. The minimum absolute atomic E-state index is 0.238. The van der Waals surface area contributed by atoms with E-state index in [1.165, 1.54) is 0 Å². The summed E-state index contributed by atoms with van der Waals surface area (Å²) in [5, 5.41) is 3.46. The van der Waals surface area contributed by atoms with Crippen molar-refractivity contribution in [2.45, 2.75) is 6.42 Å². The highest BCUT2D eigenvalue weighted by molar-refractivity contribution is 6.33. The van der Waals surface area contributed by atoms with Crippen molar-refractivity contribution in [1.82, 2.24) is 4.98 Å². The molecule has 1 amide bonds. The standard InChI is InChI=1S/C24H21ClN6O/c25-20-9-8-18(15-19(20)21-3-1-2-11-27-21)31-24(32)17-6-4-16(5-7-17)23(26)30-12-10-22-28-13-14-29-22/h1-9,11,13,15H,10,12,14H2,(H2,26,30)(H,31,32). The van der Waals surface area contributed by atoms with E-state index in [-0.39, 0.29) is 5.91 Å². The normalized spacial score (nSPS) is 13.2. The number of hydrogen-bond donors (Lipinski definition) is 2. The van der Waals surface area contributed by atoms with Gasteiger partial charge in [-0.25, -0.2) is 4.99 Å². The predicted octanol–water partition coefficient (Wildman–Crippen LogP) is 4.23. The van der Waals surface area contributed by atoms with Crippen LogP contribution in [-0.2, 0) is 0 Å². The zero-order chi connectivity index (χ0) is 22.3. The molecule has 0 atom stereocenters. The van der Waals surface area contributed by atoms with Gasteiger partial charge in [0.05, 0.1) is 17.3 Å². The predicted molar refractivity (Wildman–Crippen MR) is 130 cm³/mol. The maximum Gasteiger partial charge on any atom is 0.255 e. The number of hydrogen-bond acceptors (Lipinski definition) is 5. The van der Waals surface area contributed by atoms with E-state index < -0.39 is 0 Å². The van der Waals surface area contributed by atoms with Crippen molar-refractivity contribution in [3.05, 3.63) is 83.0 Å². The van der Waals surface area contributed by atoms with Crippen molar-refractivity contribution in [3.63, 3.8) is 0 Å². The third-order valence-corrected chi connectivity index (χ3v) is 5.15. The number of benzene rings is 2. The zero-order valence-corrected chi connectivity index (χ0v) is 18.0. The monoisotopic (exact) mass is 444 g/mol. The molecule has 3 aromatic rings. The molecular weight excluding hydrogens is 424 g/mol. The number of nitrogens with zero attached hydrogens (tertiary/aromatic N) is 4. The van der Waals surface area contributed by atoms with Gasteiger partial charge in [0.25, 0.3) is 5.91 Å². The van der Waals surface area contributed by atoms with Gasteiger partial charge in [-0.1, -0.05) is 29.8 Å². The molecule has 7 nitrogen and oxygen atoms in total. The number of rotatable bonds is 7. The second-order valence-electron chi connectivity index (χ2n) is 7.03. The lowest BCUT2D eigenvalue weighted by Crippen LogP contribution is -2.16. The fraction of sp³-hybridized carbons (Fsp3) is 0.125. The number of aliphatic imine (C=N–C) groups is 3. The number of carbonyl (C=O) groups is 1. The van der Waals surface area contributed by atoms with Crippen LogP contribution in [0, 0.1) is 0 Å². The van der Waals surface area contributed by atoms with E-state index in [9.17, 15) is 4.79 Å². The number of anilines is 1. The summed E-state index contributed by atoms with van der Waals surface area (Å²) in [6.45, 7) is 1.15. The molecule has 8 heteroatoms. The van der Waals surface area contributed by atoms with Gasteiger partial charge in [-0.2, -0.15) is 0 Å². The summed E-state index contributed by atoms with van der Waals surface area (Å²) in [6.07, 6.45) is 4.12. The summed E-state index contributed by atoms with van der Waals surface area (Å²) < 4.78 is 0. The van der Waals surface area contributed by atoms with Gasteiger partial charge in [-0.15, -0.1) is 0 Å². The quantitative estimate of drug-likeness (QED) is 0.420. The number of aromatic nitrogens is 1. The van der Waals surface area contributed by atoms with Crippen molar-refractivity contribution in [2.24, 2.45) is 20.7 Å². The molecule has 2 aromatic carbocycles. The number of amidine groups is 2. The molecular formula is C24H21ClN6O. The molecule has 0 spiro atoms. The van der Waals surface area contributed by atoms with Crippen molar-refractivity contribution < 1.29 is 4.79 Å². The molecule has 3 N–H and O–H groups in total. The fourth-order valence-corrected chi connectivity index (χ4v) is 3.38. The number of amides is 1. The van der Waals surface area contributed by atoms with Gasteiger partial charge in [-0.05, 0) is 42.5 Å². The molecule has 2 heterocycles. The molecule has 1 aliphatic heterocycles. The summed E-state index contributed by atoms with van der Waals surface area (Å²) in [4.78, 5) is 29.8. The Morgan fingerprint density at radius 3 is 2.62 bits per heavy atom. The molecule has 0 bridgehead atoms. The van der Waals surface area contributed by atoms with E-state index in [0.29, 0.717) is 41.6 Å². The van der Waals surface area contributed by atoms with Crippen molar-refractivity contribution in [2.75, 3.05) is 18.4 Å². The van der Waals surface area contributed by atoms with Crippen LogP contribution in [0.2, 0.25) is 5.02 Å². The van der Waals surface area contributed by atoms with Crippen molar-refractivity contribution in [1.29, 1.82) is 0 Å². The van der Waals surface area contributed by atoms with E-state index in [1.54, 1.807) is 54.9 Å². The van der Waals surface area contributed by atoms with E-state index in [1.807, 2.05) is 18.2 Å². The first-order valence-electron chi connectivity index (χ1n) is 10.1. The molecule has 4 rings (SSSR count). The Balaban J connectivity index is 1.41. The molecule has 32 heavy (non-hydrogen) atoms. The van der Waals surface area contributed by atoms with Crippen LogP contribution in [0.25, 0.3) is 11.3 Å². The largest absolute Gasteiger partial charge is 0.384 e. The second-order valence-corrected chi connectivity index (χ2v) is 7.43. The zero-order valence-electron chi connectivity index (χ0n) is 17.2. The Kier molecular flexibility index (Phi) is 6.67. The van der Waals surface area contributed by atoms with E-state index in [0.717, 1.165) is 22.7 Å². The SMILES string of the molecule is NC(=NCCC1=NCC=N1)c1ccc(C(=O)Nc2ccc(Cl)c(-c3ccccn3)c2)cc1. The average Bonchev–Trinajstić information content (AvgIpc) is 3.34. The Hall–Kier alpha value is -3.84. The van der Waals surface area contributed by atoms with Crippen LogP contribution in [0.5, 0.6) is 0 Å². The van der Waals surface area contributed by atoms with Gasteiger partial charge in [0.15, 0.2) is 0 Å². The van der Waals surface area contributed by atoms with Crippen molar-refractivity contribution >= 4 is 41.1 Å². The van der Waals surface area contributed by atoms with Gasteiger partial charge >= 0.3 is 0 Å². The molecule has 0 aliphatic carbocycles. The van der Waals surface area contributed by atoms with Crippen molar-refractivity contribution in [3.8, 4) is 11.3 Å². The molecule has 0 radical (unpaired) electrons. The van der Waals surface area contributed by atoms with Crippen LogP contribution in [0.4, 0.5) is 5.69 Å². The number of carbonyl (C=O) groups excluding carboxylic acids is 1. The van der Waals surface area contributed by atoms with Gasteiger partial charge in [0.1, 0.15) is 11.7 Å². The van der Waals surface area contributed by atoms with Crippen LogP contribution in [0.15, 0.2) is 81.8 Å². The molecule has 0 saturated carbocycles. The number of pyridine rings is 1. The lowest BCUT2D eigenvalue weighted by molar-refractivity contribution is 0.102. The summed E-state index contributed by atoms with van der Waals surface area (Å²) in [6, 6.07) is 17.9. The van der Waals surface area contributed by atoms with E-state index in [2.05, 4.69) is 25.3 Å². The molecule has 0 unspecified atom stereocenters. The lowest BCUT2D eigenvalue weighted by Gasteiger charge is -2.10. The molecule has 0 saturated heterocycles. The van der Waals surface area contributed by atoms with Gasteiger partial charge in [0, 0.05) is 47.8 Å². The molecule has 1 aromatic heterocycles. The third-order valence-electron chi connectivity index (χ3n) is 4.82. The van der Waals surface area contributed by atoms with Gasteiger partial charge in [0.2, 0.25) is 0 Å². The van der Waals surface area contributed by atoms with Gasteiger partial charge in [-0.3, -0.25) is 19.8 Å². The maximum atomic E-state index is 12.7. The Morgan fingerprint density at radius 1 is 1.09 bits per heavy atom. The summed E-state index contributed by atoms with van der Waals surface area (Å²) in [7, 11) is 0. The Bertz CT molecular complexity index is 1200. The maximum absolute atomic E-state index is 12.7. The van der Waals surface area contributed by atoms with Crippen LogP contribution in [0.1, 0.15) is 22.3 Å². The smallest absolute Gasteiger partial charge is 0.255 e. The van der Waals surface area contributed by atoms with Crippen LogP contribution in [-0.4, -0.2) is 41.9 Å². The summed E-state index contributed by atoms with van der Waals surface area (Å²) >= 11 is 6.32. The Morgan fingerprint density at radius 2 is 1.91 bits per heavy atom. The summed E-state index contributed by atoms with van der Waals surface area (Å²) in [5.41, 5.74) is 9.44. The molecule has 1 aliphatic rings. The van der Waals surface area contributed by atoms with Crippen LogP contribution in [0.3, 0.4) is 0 Å². The number of nitrogens with one attached hydrogen (secondary N) is 1. The first-order chi connectivity index (χ1) is 15.6. The molecule has 0 fully saturated rings. The second kappa shape index (κ2) is 9.98. The van der Waals surface area contributed by atoms with E-state index >= 15 is 0 Å². The highest BCUT2D eigenvalue weighted by Crippen LogP contribution is 2.29. The number of nitrogens with two attached hydrogens (primary N) is 1. The van der Waals surface area contributed by atoms with Crippen LogP contribution < -0.4 is 11.1 Å². The average molecular weight is 445 g/mol. The minimum atomic E-state index is -0.238. The first kappa shape index (κ1) is 21.4. The van der Waals surface area contributed by atoms with Gasteiger partial charge < -0.3 is 11.1 Å².